The van der Waals surface area contributed by atoms with Gasteiger partial charge in [0.2, 0.25) is 0 Å². The number of carbonyl (C=O) groups excluding carboxylic acids is 1. The molecule has 0 aliphatic heterocycles. The molecule has 0 aliphatic carbocycles. The number of Topliss-reactive ketones (excluding diaryl/α,β-unsaturated/α-hetero) is 1. The first-order chi connectivity index (χ1) is 9.65. The van der Waals surface area contributed by atoms with Crippen LogP contribution in [0.1, 0.15) is 91.2 Å². The smallest absolute Gasteiger partial charge is 0.163 e. The van der Waals surface area contributed by atoms with Crippen molar-refractivity contribution in [3.63, 3.8) is 0 Å². The molecule has 0 fully saturated rings. The molecule has 1 heterocycles. The Kier molecular flexibility index (Phi) is 8.84. The molecule has 1 aromatic heterocycles. The second kappa shape index (κ2) is 10.1. The van der Waals surface area contributed by atoms with Gasteiger partial charge in [-0.1, -0.05) is 58.3 Å². The molecule has 0 bridgehead atoms. The summed E-state index contributed by atoms with van der Waals surface area (Å²) < 4.78 is 0. The topological polar surface area (TPSA) is 17.1 Å². The van der Waals surface area contributed by atoms with Crippen LogP contribution in [0.4, 0.5) is 0 Å². The second-order valence-corrected chi connectivity index (χ2v) is 7.29. The fourth-order valence-corrected chi connectivity index (χ4v) is 3.58. The lowest BCUT2D eigenvalue weighted by atomic mass is 10.0. The highest BCUT2D eigenvalue weighted by atomic mass is 32.1. The van der Waals surface area contributed by atoms with Gasteiger partial charge in [0.1, 0.15) is 0 Å². The lowest BCUT2D eigenvalue weighted by Gasteiger charge is -2.02. The largest absolute Gasteiger partial charge is 0.294 e. The summed E-state index contributed by atoms with van der Waals surface area (Å²) in [6, 6.07) is 2.05. The van der Waals surface area contributed by atoms with Crippen LogP contribution in [-0.2, 0) is 0 Å². The number of ketones is 1. The van der Waals surface area contributed by atoms with Gasteiger partial charge in [-0.05, 0) is 26.3 Å². The zero-order chi connectivity index (χ0) is 14.8. The van der Waals surface area contributed by atoms with Crippen LogP contribution < -0.4 is 0 Å². The maximum Gasteiger partial charge on any atom is 0.163 e. The van der Waals surface area contributed by atoms with E-state index in [0.29, 0.717) is 5.78 Å². The second-order valence-electron chi connectivity index (χ2n) is 5.83. The quantitative estimate of drug-likeness (QED) is 0.338. The van der Waals surface area contributed by atoms with Crippen molar-refractivity contribution in [1.29, 1.82) is 0 Å². The minimum atomic E-state index is 0.342. The molecule has 114 valence electrons. The summed E-state index contributed by atoms with van der Waals surface area (Å²) in [7, 11) is 0. The molecular weight excluding hydrogens is 264 g/mol. The Morgan fingerprint density at radius 1 is 0.950 bits per heavy atom. The molecule has 0 aliphatic rings. The van der Waals surface area contributed by atoms with Crippen LogP contribution >= 0.6 is 11.3 Å². The standard InChI is InChI=1S/C18H30OS/c1-4-5-6-7-8-9-10-11-12-13-18(19)17-14-15(2)20-16(17)3/h14H,4-13H2,1-3H3. The normalized spacial score (nSPS) is 10.9. The first-order valence-corrected chi connectivity index (χ1v) is 9.07. The molecular formula is C18H30OS. The maximum absolute atomic E-state index is 12.1. The summed E-state index contributed by atoms with van der Waals surface area (Å²) in [4.78, 5) is 14.5. The van der Waals surface area contributed by atoms with Crippen molar-refractivity contribution in [1.82, 2.24) is 0 Å². The number of hydrogen-bond donors (Lipinski definition) is 0. The number of rotatable bonds is 11. The van der Waals surface area contributed by atoms with Gasteiger partial charge in [0.15, 0.2) is 5.78 Å². The van der Waals surface area contributed by atoms with Gasteiger partial charge < -0.3 is 0 Å². The summed E-state index contributed by atoms with van der Waals surface area (Å²) in [5.74, 6) is 0.342. The highest BCUT2D eigenvalue weighted by Crippen LogP contribution is 2.22. The molecule has 1 rings (SSSR count). The molecule has 0 N–H and O–H groups in total. The van der Waals surface area contributed by atoms with Gasteiger partial charge in [-0.2, -0.15) is 0 Å². The van der Waals surface area contributed by atoms with Gasteiger partial charge in [0, 0.05) is 21.7 Å². The van der Waals surface area contributed by atoms with Gasteiger partial charge in [0.05, 0.1) is 0 Å². The minimum Gasteiger partial charge on any atom is -0.294 e. The summed E-state index contributed by atoms with van der Waals surface area (Å²) in [5, 5.41) is 0. The molecule has 0 spiro atoms. The van der Waals surface area contributed by atoms with Crippen molar-refractivity contribution >= 4 is 17.1 Å². The van der Waals surface area contributed by atoms with E-state index in [2.05, 4.69) is 26.8 Å². The molecule has 0 unspecified atom stereocenters. The van der Waals surface area contributed by atoms with E-state index >= 15 is 0 Å². The number of thiophene rings is 1. The third-order valence-corrected chi connectivity index (χ3v) is 4.81. The van der Waals surface area contributed by atoms with Crippen molar-refractivity contribution in [2.24, 2.45) is 0 Å². The minimum absolute atomic E-state index is 0.342. The van der Waals surface area contributed by atoms with Crippen molar-refractivity contribution in [3.05, 3.63) is 21.4 Å². The van der Waals surface area contributed by atoms with Gasteiger partial charge in [-0.3, -0.25) is 4.79 Å². The summed E-state index contributed by atoms with van der Waals surface area (Å²) in [6.45, 7) is 6.39. The molecule has 0 saturated carbocycles. The van der Waals surface area contributed by atoms with E-state index in [0.717, 1.165) is 18.4 Å². The number of hydrogen-bond acceptors (Lipinski definition) is 2. The lowest BCUT2D eigenvalue weighted by Crippen LogP contribution is -1.98. The summed E-state index contributed by atoms with van der Waals surface area (Å²) in [6.07, 6.45) is 12.5. The first-order valence-electron chi connectivity index (χ1n) is 8.25. The Labute approximate surface area is 128 Å². The van der Waals surface area contributed by atoms with E-state index in [-0.39, 0.29) is 0 Å². The van der Waals surface area contributed by atoms with Crippen molar-refractivity contribution in [2.75, 3.05) is 0 Å². The molecule has 0 radical (unpaired) electrons. The van der Waals surface area contributed by atoms with Gasteiger partial charge in [-0.15, -0.1) is 11.3 Å². The lowest BCUT2D eigenvalue weighted by molar-refractivity contribution is 0.0979. The van der Waals surface area contributed by atoms with Crippen molar-refractivity contribution < 1.29 is 4.79 Å². The van der Waals surface area contributed by atoms with Gasteiger partial charge in [-0.25, -0.2) is 0 Å². The van der Waals surface area contributed by atoms with Crippen LogP contribution in [0.2, 0.25) is 0 Å². The third kappa shape index (κ3) is 6.69. The Balaban J connectivity index is 2.04. The van der Waals surface area contributed by atoms with Crippen LogP contribution in [-0.4, -0.2) is 5.78 Å². The van der Waals surface area contributed by atoms with E-state index in [9.17, 15) is 4.79 Å². The fourth-order valence-electron chi connectivity index (χ4n) is 2.64. The van der Waals surface area contributed by atoms with Crippen LogP contribution in [0, 0.1) is 13.8 Å². The monoisotopic (exact) mass is 294 g/mol. The Morgan fingerprint density at radius 2 is 1.50 bits per heavy atom. The fraction of sp³-hybridized carbons (Fsp3) is 0.722. The molecule has 0 atom stereocenters. The van der Waals surface area contributed by atoms with Gasteiger partial charge >= 0.3 is 0 Å². The zero-order valence-electron chi connectivity index (χ0n) is 13.5. The van der Waals surface area contributed by atoms with Crippen LogP contribution in [0.25, 0.3) is 0 Å². The van der Waals surface area contributed by atoms with Crippen molar-refractivity contribution in [2.45, 2.75) is 85.0 Å². The molecule has 20 heavy (non-hydrogen) atoms. The number of unbranched alkanes of at least 4 members (excludes halogenated alkanes) is 8. The highest BCUT2D eigenvalue weighted by molar-refractivity contribution is 7.12. The molecule has 0 aromatic carbocycles. The average molecular weight is 295 g/mol. The molecule has 2 heteroatoms. The number of aryl methyl sites for hydroxylation is 2. The van der Waals surface area contributed by atoms with E-state index in [4.69, 9.17) is 0 Å². The van der Waals surface area contributed by atoms with Crippen molar-refractivity contribution in [3.8, 4) is 0 Å². The summed E-state index contributed by atoms with van der Waals surface area (Å²) >= 11 is 1.73. The Bertz CT molecular complexity index is 392. The highest BCUT2D eigenvalue weighted by Gasteiger charge is 2.11. The predicted molar refractivity (Wildman–Crippen MR) is 90.0 cm³/mol. The van der Waals surface area contributed by atoms with Crippen LogP contribution in [0.3, 0.4) is 0 Å². The van der Waals surface area contributed by atoms with E-state index in [1.54, 1.807) is 11.3 Å². The molecule has 0 saturated heterocycles. The molecule has 1 aromatic rings. The third-order valence-electron chi connectivity index (χ3n) is 3.85. The van der Waals surface area contributed by atoms with E-state index in [1.165, 1.54) is 61.1 Å². The van der Waals surface area contributed by atoms with Crippen LogP contribution in [0.15, 0.2) is 6.07 Å². The first kappa shape index (κ1) is 17.4. The SMILES string of the molecule is CCCCCCCCCCCC(=O)c1cc(C)sc1C. The molecule has 1 nitrogen and oxygen atoms in total. The van der Waals surface area contributed by atoms with E-state index < -0.39 is 0 Å². The van der Waals surface area contributed by atoms with Crippen LogP contribution in [0.5, 0.6) is 0 Å². The Morgan fingerprint density at radius 3 is 2.00 bits per heavy atom. The predicted octanol–water partition coefficient (Wildman–Crippen LogP) is 6.47. The van der Waals surface area contributed by atoms with Gasteiger partial charge in [0.25, 0.3) is 0 Å². The average Bonchev–Trinajstić information content (AvgIpc) is 2.75. The van der Waals surface area contributed by atoms with E-state index in [1.807, 2.05) is 0 Å². The maximum atomic E-state index is 12.1. The summed E-state index contributed by atoms with van der Waals surface area (Å²) in [5.41, 5.74) is 0.965. The molecule has 0 amide bonds. The Hall–Kier alpha value is -0.630. The zero-order valence-corrected chi connectivity index (χ0v) is 14.3. The number of carbonyl (C=O) groups is 1.